The average molecular weight is 349 g/mol. The van der Waals surface area contributed by atoms with Crippen molar-refractivity contribution in [3.05, 3.63) is 34.3 Å². The first kappa shape index (κ1) is 16.6. The van der Waals surface area contributed by atoms with E-state index >= 15 is 0 Å². The molecule has 1 rings (SSSR count). The molecule has 6 heteroatoms. The molecule has 0 aliphatic carbocycles. The van der Waals surface area contributed by atoms with Crippen LogP contribution in [0.4, 0.5) is 0 Å². The van der Waals surface area contributed by atoms with E-state index in [1.807, 2.05) is 38.1 Å². The molecule has 0 amide bonds. The van der Waals surface area contributed by atoms with Crippen LogP contribution in [-0.4, -0.2) is 26.8 Å². The number of halogens is 1. The van der Waals surface area contributed by atoms with Crippen LogP contribution in [0, 0.1) is 0 Å². The lowest BCUT2D eigenvalue weighted by atomic mass is 10.2. The highest BCUT2D eigenvalue weighted by Gasteiger charge is 2.09. The van der Waals surface area contributed by atoms with Gasteiger partial charge in [-0.1, -0.05) is 41.9 Å². The summed E-state index contributed by atoms with van der Waals surface area (Å²) in [6, 6.07) is 7.99. The lowest BCUT2D eigenvalue weighted by molar-refractivity contribution is 0.561. The summed E-state index contributed by atoms with van der Waals surface area (Å²) in [7, 11) is -3.20. The first-order valence-electron chi connectivity index (χ1n) is 6.34. The van der Waals surface area contributed by atoms with E-state index in [4.69, 9.17) is 0 Å². The molecule has 0 aliphatic rings. The molecular weight excluding hydrogens is 328 g/mol. The van der Waals surface area contributed by atoms with E-state index in [0.29, 0.717) is 19.0 Å². The molecule has 0 saturated carbocycles. The quantitative estimate of drug-likeness (QED) is 0.708. The molecule has 108 valence electrons. The van der Waals surface area contributed by atoms with Gasteiger partial charge in [-0.2, -0.15) is 0 Å². The summed E-state index contributed by atoms with van der Waals surface area (Å²) in [5, 5.41) is 3.20. The molecule has 1 aromatic rings. The van der Waals surface area contributed by atoms with Crippen molar-refractivity contribution in [3.63, 3.8) is 0 Å². The Balaban J connectivity index is 2.34. The summed E-state index contributed by atoms with van der Waals surface area (Å²) in [5.41, 5.74) is 0.943. The molecule has 0 aromatic heterocycles. The normalized spacial score (nSPS) is 12.0. The minimum Gasteiger partial charge on any atom is -0.314 e. The maximum Gasteiger partial charge on any atom is 0.211 e. The predicted octanol–water partition coefficient (Wildman–Crippen LogP) is 2.26. The predicted molar refractivity (Wildman–Crippen MR) is 82.5 cm³/mol. The van der Waals surface area contributed by atoms with Crippen molar-refractivity contribution in [2.75, 3.05) is 12.3 Å². The first-order chi connectivity index (χ1) is 8.89. The Labute approximate surface area is 124 Å². The van der Waals surface area contributed by atoms with Gasteiger partial charge in [-0.25, -0.2) is 13.1 Å². The number of sulfonamides is 1. The van der Waals surface area contributed by atoms with Gasteiger partial charge in [-0.05, 0) is 30.7 Å². The van der Waals surface area contributed by atoms with Gasteiger partial charge in [0.15, 0.2) is 0 Å². The van der Waals surface area contributed by atoms with E-state index in [0.717, 1.165) is 16.6 Å². The highest BCUT2D eigenvalue weighted by molar-refractivity contribution is 9.10. The fraction of sp³-hybridized carbons (Fsp3) is 0.538. The van der Waals surface area contributed by atoms with Crippen LogP contribution in [0.5, 0.6) is 0 Å². The number of hydrogen-bond acceptors (Lipinski definition) is 3. The standard InChI is InChI=1S/C13H21BrN2O2S/c1-11(2)15-7-4-8-19(17,18)16-10-12-5-3-6-13(14)9-12/h3,5-6,9,11,15-16H,4,7-8,10H2,1-2H3. The molecule has 0 spiro atoms. The van der Waals surface area contributed by atoms with Crippen molar-refractivity contribution in [1.82, 2.24) is 10.0 Å². The first-order valence-corrected chi connectivity index (χ1v) is 8.79. The molecule has 4 nitrogen and oxygen atoms in total. The van der Waals surface area contributed by atoms with Crippen molar-refractivity contribution in [2.45, 2.75) is 32.9 Å². The zero-order valence-corrected chi connectivity index (χ0v) is 13.7. The molecule has 0 aliphatic heterocycles. The van der Waals surface area contributed by atoms with Crippen LogP contribution in [0.15, 0.2) is 28.7 Å². The SMILES string of the molecule is CC(C)NCCCS(=O)(=O)NCc1cccc(Br)c1. The molecule has 0 fully saturated rings. The molecular formula is C13H21BrN2O2S. The fourth-order valence-electron chi connectivity index (χ4n) is 1.57. The number of benzene rings is 1. The maximum absolute atomic E-state index is 11.8. The van der Waals surface area contributed by atoms with Crippen LogP contribution in [-0.2, 0) is 16.6 Å². The van der Waals surface area contributed by atoms with Gasteiger partial charge in [0.1, 0.15) is 0 Å². The van der Waals surface area contributed by atoms with E-state index in [1.165, 1.54) is 0 Å². The third-order valence-corrected chi connectivity index (χ3v) is 4.43. The molecule has 19 heavy (non-hydrogen) atoms. The van der Waals surface area contributed by atoms with Gasteiger partial charge in [0, 0.05) is 17.1 Å². The molecule has 2 N–H and O–H groups in total. The zero-order chi connectivity index (χ0) is 14.3. The zero-order valence-electron chi connectivity index (χ0n) is 11.3. The number of nitrogens with one attached hydrogen (secondary N) is 2. The van der Waals surface area contributed by atoms with E-state index in [2.05, 4.69) is 26.0 Å². The molecule has 1 aromatic carbocycles. The smallest absolute Gasteiger partial charge is 0.211 e. The van der Waals surface area contributed by atoms with Crippen molar-refractivity contribution >= 4 is 26.0 Å². The largest absolute Gasteiger partial charge is 0.314 e. The lowest BCUT2D eigenvalue weighted by Crippen LogP contribution is -2.29. The third kappa shape index (κ3) is 7.67. The Hall–Kier alpha value is -0.430. The number of rotatable bonds is 8. The second kappa shape index (κ2) is 7.99. The Bertz CT molecular complexity index is 489. The maximum atomic E-state index is 11.8. The number of hydrogen-bond donors (Lipinski definition) is 2. The van der Waals surface area contributed by atoms with Gasteiger partial charge in [0.25, 0.3) is 0 Å². The van der Waals surface area contributed by atoms with Crippen LogP contribution >= 0.6 is 15.9 Å². The molecule has 0 bridgehead atoms. The van der Waals surface area contributed by atoms with Crippen LogP contribution in [0.25, 0.3) is 0 Å². The van der Waals surface area contributed by atoms with Crippen LogP contribution in [0.3, 0.4) is 0 Å². The topological polar surface area (TPSA) is 58.2 Å². The molecule has 0 heterocycles. The molecule has 0 unspecified atom stereocenters. The Kier molecular flexibility index (Phi) is 6.99. The summed E-state index contributed by atoms with van der Waals surface area (Å²) < 4.78 is 27.1. The lowest BCUT2D eigenvalue weighted by Gasteiger charge is -2.09. The second-order valence-corrected chi connectivity index (χ2v) is 7.57. The minimum absolute atomic E-state index is 0.153. The second-order valence-electron chi connectivity index (χ2n) is 4.73. The minimum atomic E-state index is -3.20. The average Bonchev–Trinajstić information content (AvgIpc) is 2.32. The van der Waals surface area contributed by atoms with Gasteiger partial charge in [-0.15, -0.1) is 0 Å². The van der Waals surface area contributed by atoms with E-state index < -0.39 is 10.0 Å². The van der Waals surface area contributed by atoms with Gasteiger partial charge in [-0.3, -0.25) is 0 Å². The Morgan fingerprint density at radius 3 is 2.68 bits per heavy atom. The summed E-state index contributed by atoms with van der Waals surface area (Å²) in [6.07, 6.45) is 0.617. The van der Waals surface area contributed by atoms with Gasteiger partial charge < -0.3 is 5.32 Å². The van der Waals surface area contributed by atoms with Crippen molar-refractivity contribution in [1.29, 1.82) is 0 Å². The summed E-state index contributed by atoms with van der Waals surface area (Å²) in [4.78, 5) is 0. The highest BCUT2D eigenvalue weighted by atomic mass is 79.9. The van der Waals surface area contributed by atoms with Crippen molar-refractivity contribution < 1.29 is 8.42 Å². The molecule has 0 radical (unpaired) electrons. The Morgan fingerprint density at radius 2 is 2.05 bits per heavy atom. The van der Waals surface area contributed by atoms with E-state index in [1.54, 1.807) is 0 Å². The summed E-state index contributed by atoms with van der Waals surface area (Å²) in [5.74, 6) is 0.153. The molecule has 0 saturated heterocycles. The van der Waals surface area contributed by atoms with Crippen LogP contribution < -0.4 is 10.0 Å². The Morgan fingerprint density at radius 1 is 1.32 bits per heavy atom. The van der Waals surface area contributed by atoms with Crippen LogP contribution in [0.2, 0.25) is 0 Å². The van der Waals surface area contributed by atoms with E-state index in [-0.39, 0.29) is 5.75 Å². The fourth-order valence-corrected chi connectivity index (χ4v) is 3.07. The van der Waals surface area contributed by atoms with Gasteiger partial charge in [0.2, 0.25) is 10.0 Å². The van der Waals surface area contributed by atoms with Crippen LogP contribution in [0.1, 0.15) is 25.8 Å². The van der Waals surface area contributed by atoms with Gasteiger partial charge in [0.05, 0.1) is 5.75 Å². The summed E-state index contributed by atoms with van der Waals surface area (Å²) >= 11 is 3.36. The van der Waals surface area contributed by atoms with Gasteiger partial charge >= 0.3 is 0 Å². The molecule has 0 atom stereocenters. The van der Waals surface area contributed by atoms with E-state index in [9.17, 15) is 8.42 Å². The monoisotopic (exact) mass is 348 g/mol. The van der Waals surface area contributed by atoms with Crippen molar-refractivity contribution in [3.8, 4) is 0 Å². The van der Waals surface area contributed by atoms with Crippen molar-refractivity contribution in [2.24, 2.45) is 0 Å². The third-order valence-electron chi connectivity index (χ3n) is 2.53. The summed E-state index contributed by atoms with van der Waals surface area (Å²) in [6.45, 7) is 5.13. The highest BCUT2D eigenvalue weighted by Crippen LogP contribution is 2.11.